The largest absolute Gasteiger partial charge is 0.496 e. The Labute approximate surface area is 164 Å². The van der Waals surface area contributed by atoms with Gasteiger partial charge in [-0.3, -0.25) is 9.69 Å². The van der Waals surface area contributed by atoms with E-state index in [1.54, 1.807) is 36.3 Å². The highest BCUT2D eigenvalue weighted by atomic mass is 16.6. The standard InChI is InChI=1S/C21H25N3O4/c1-23(2)18(17-6-4-5-7-19(17)27-3)14-22-20(25)15-8-10-16(11-9-15)24-12-13-28-21(24)26/h4-11,18H,12-14H2,1-3H3,(H,22,25). The Balaban J connectivity index is 1.67. The highest BCUT2D eigenvalue weighted by Gasteiger charge is 2.24. The minimum Gasteiger partial charge on any atom is -0.496 e. The van der Waals surface area contributed by atoms with Gasteiger partial charge < -0.3 is 19.7 Å². The van der Waals surface area contributed by atoms with Crippen molar-refractivity contribution in [2.75, 3.05) is 45.8 Å². The number of ether oxygens (including phenoxy) is 2. The molecular formula is C21H25N3O4. The summed E-state index contributed by atoms with van der Waals surface area (Å²) in [6.07, 6.45) is -0.358. The predicted octanol–water partition coefficient (Wildman–Crippen LogP) is 2.68. The Bertz CT molecular complexity index is 836. The van der Waals surface area contributed by atoms with Crippen LogP contribution in [-0.2, 0) is 4.74 Å². The third-order valence-electron chi connectivity index (χ3n) is 4.78. The second kappa shape index (κ2) is 8.75. The summed E-state index contributed by atoms with van der Waals surface area (Å²) in [7, 11) is 5.57. The highest BCUT2D eigenvalue weighted by molar-refractivity contribution is 5.95. The van der Waals surface area contributed by atoms with Crippen LogP contribution in [0.2, 0.25) is 0 Å². The number of rotatable bonds is 7. The number of nitrogens with one attached hydrogen (secondary N) is 1. The quantitative estimate of drug-likeness (QED) is 0.796. The summed E-state index contributed by atoms with van der Waals surface area (Å²) in [5, 5.41) is 2.99. The number of likely N-dealkylation sites (N-methyl/N-ethyl adjacent to an activating group) is 1. The van der Waals surface area contributed by atoms with Crippen molar-refractivity contribution in [3.63, 3.8) is 0 Å². The first kappa shape index (κ1) is 19.7. The van der Waals surface area contributed by atoms with Gasteiger partial charge in [0.25, 0.3) is 5.91 Å². The Hall–Kier alpha value is -3.06. The van der Waals surface area contributed by atoms with Crippen molar-refractivity contribution in [2.24, 2.45) is 0 Å². The number of hydrogen-bond donors (Lipinski definition) is 1. The van der Waals surface area contributed by atoms with E-state index in [1.807, 2.05) is 43.3 Å². The molecular weight excluding hydrogens is 358 g/mol. The number of para-hydroxylation sites is 1. The molecule has 0 radical (unpaired) electrons. The molecule has 3 rings (SSSR count). The lowest BCUT2D eigenvalue weighted by Crippen LogP contribution is -2.34. The molecule has 2 aromatic rings. The van der Waals surface area contributed by atoms with Crippen LogP contribution in [0.25, 0.3) is 0 Å². The van der Waals surface area contributed by atoms with Gasteiger partial charge in [0.05, 0.1) is 19.7 Å². The van der Waals surface area contributed by atoms with Gasteiger partial charge in [-0.15, -0.1) is 0 Å². The molecule has 0 aliphatic carbocycles. The van der Waals surface area contributed by atoms with Crippen molar-refractivity contribution >= 4 is 17.7 Å². The first-order valence-electron chi connectivity index (χ1n) is 9.13. The lowest BCUT2D eigenvalue weighted by molar-refractivity contribution is 0.0941. The zero-order chi connectivity index (χ0) is 20.1. The van der Waals surface area contributed by atoms with E-state index in [1.165, 1.54) is 0 Å². The zero-order valence-electron chi connectivity index (χ0n) is 16.3. The van der Waals surface area contributed by atoms with Gasteiger partial charge in [0.1, 0.15) is 12.4 Å². The average Bonchev–Trinajstić information content (AvgIpc) is 3.14. The first-order chi connectivity index (χ1) is 13.5. The molecule has 148 valence electrons. The number of hydrogen-bond acceptors (Lipinski definition) is 5. The normalized spacial score (nSPS) is 14.7. The van der Waals surface area contributed by atoms with E-state index in [2.05, 4.69) is 5.32 Å². The number of methoxy groups -OCH3 is 1. The zero-order valence-corrected chi connectivity index (χ0v) is 16.3. The monoisotopic (exact) mass is 383 g/mol. The molecule has 2 amide bonds. The molecule has 1 fully saturated rings. The van der Waals surface area contributed by atoms with E-state index in [9.17, 15) is 9.59 Å². The van der Waals surface area contributed by atoms with E-state index in [0.29, 0.717) is 25.3 Å². The second-order valence-corrected chi connectivity index (χ2v) is 6.74. The van der Waals surface area contributed by atoms with Crippen molar-refractivity contribution in [1.82, 2.24) is 10.2 Å². The molecule has 0 aromatic heterocycles. The number of cyclic esters (lactones) is 1. The third-order valence-corrected chi connectivity index (χ3v) is 4.78. The number of nitrogens with zero attached hydrogens (tertiary/aromatic N) is 2. The van der Waals surface area contributed by atoms with E-state index in [-0.39, 0.29) is 18.0 Å². The van der Waals surface area contributed by atoms with Crippen molar-refractivity contribution in [2.45, 2.75) is 6.04 Å². The average molecular weight is 383 g/mol. The molecule has 0 spiro atoms. The van der Waals surface area contributed by atoms with Gasteiger partial charge in [-0.05, 0) is 44.4 Å². The number of anilines is 1. The molecule has 2 aromatic carbocycles. The van der Waals surface area contributed by atoms with Gasteiger partial charge >= 0.3 is 6.09 Å². The number of carbonyl (C=O) groups excluding carboxylic acids is 2. The summed E-state index contributed by atoms with van der Waals surface area (Å²) in [6.45, 7) is 1.34. The molecule has 7 heteroatoms. The minimum atomic E-state index is -0.358. The molecule has 1 N–H and O–H groups in total. The van der Waals surface area contributed by atoms with Crippen LogP contribution < -0.4 is 15.0 Å². The van der Waals surface area contributed by atoms with E-state index in [4.69, 9.17) is 9.47 Å². The lowest BCUT2D eigenvalue weighted by atomic mass is 10.0. The van der Waals surface area contributed by atoms with Crippen molar-refractivity contribution in [3.8, 4) is 5.75 Å². The van der Waals surface area contributed by atoms with Gasteiger partial charge in [0.15, 0.2) is 0 Å². The molecule has 1 aliphatic heterocycles. The maximum atomic E-state index is 12.6. The van der Waals surface area contributed by atoms with Crippen LogP contribution in [-0.4, -0.2) is 57.8 Å². The molecule has 1 unspecified atom stereocenters. The van der Waals surface area contributed by atoms with Crippen LogP contribution in [0.15, 0.2) is 48.5 Å². The second-order valence-electron chi connectivity index (χ2n) is 6.74. The fourth-order valence-electron chi connectivity index (χ4n) is 3.22. The van der Waals surface area contributed by atoms with Crippen LogP contribution in [0, 0.1) is 0 Å². The summed E-state index contributed by atoms with van der Waals surface area (Å²) >= 11 is 0. The van der Waals surface area contributed by atoms with Gasteiger partial charge in [-0.25, -0.2) is 4.79 Å². The SMILES string of the molecule is COc1ccccc1C(CNC(=O)c1ccc(N2CCOC2=O)cc1)N(C)C. The Kier molecular flexibility index (Phi) is 6.16. The predicted molar refractivity (Wildman–Crippen MR) is 107 cm³/mol. The van der Waals surface area contributed by atoms with Crippen LogP contribution in [0.1, 0.15) is 22.0 Å². The van der Waals surface area contributed by atoms with E-state index >= 15 is 0 Å². The minimum absolute atomic E-state index is 0.0289. The number of amides is 2. The fraction of sp³-hybridized carbons (Fsp3) is 0.333. The Morgan fingerprint density at radius 2 is 1.93 bits per heavy atom. The van der Waals surface area contributed by atoms with Crippen LogP contribution >= 0.6 is 0 Å². The van der Waals surface area contributed by atoms with Crippen LogP contribution in [0.5, 0.6) is 5.75 Å². The first-order valence-corrected chi connectivity index (χ1v) is 9.13. The lowest BCUT2D eigenvalue weighted by Gasteiger charge is -2.26. The summed E-state index contributed by atoms with van der Waals surface area (Å²) in [5.74, 6) is 0.620. The molecule has 1 heterocycles. The Morgan fingerprint density at radius 1 is 1.21 bits per heavy atom. The van der Waals surface area contributed by atoms with Gasteiger partial charge in [-0.2, -0.15) is 0 Å². The smallest absolute Gasteiger partial charge is 0.414 e. The summed E-state index contributed by atoms with van der Waals surface area (Å²) in [6, 6.07) is 14.7. The van der Waals surface area contributed by atoms with Crippen molar-refractivity contribution in [3.05, 3.63) is 59.7 Å². The third kappa shape index (κ3) is 4.26. The molecule has 7 nitrogen and oxygen atoms in total. The van der Waals surface area contributed by atoms with Crippen LogP contribution in [0.3, 0.4) is 0 Å². The molecule has 28 heavy (non-hydrogen) atoms. The van der Waals surface area contributed by atoms with Gasteiger partial charge in [-0.1, -0.05) is 18.2 Å². The number of benzene rings is 2. The van der Waals surface area contributed by atoms with Gasteiger partial charge in [0, 0.05) is 23.4 Å². The Morgan fingerprint density at radius 3 is 2.54 bits per heavy atom. The molecule has 1 atom stereocenters. The van der Waals surface area contributed by atoms with E-state index < -0.39 is 0 Å². The molecule has 0 saturated carbocycles. The van der Waals surface area contributed by atoms with Crippen LogP contribution in [0.4, 0.5) is 10.5 Å². The maximum Gasteiger partial charge on any atom is 0.414 e. The van der Waals surface area contributed by atoms with E-state index in [0.717, 1.165) is 17.0 Å². The van der Waals surface area contributed by atoms with Gasteiger partial charge in [0.2, 0.25) is 0 Å². The summed E-state index contributed by atoms with van der Waals surface area (Å²) in [4.78, 5) is 27.8. The maximum absolute atomic E-state index is 12.6. The fourth-order valence-corrected chi connectivity index (χ4v) is 3.22. The molecule has 1 aliphatic rings. The topological polar surface area (TPSA) is 71.1 Å². The molecule has 1 saturated heterocycles. The molecule has 0 bridgehead atoms. The van der Waals surface area contributed by atoms with Crippen molar-refractivity contribution in [1.29, 1.82) is 0 Å². The summed E-state index contributed by atoms with van der Waals surface area (Å²) in [5.41, 5.74) is 2.27. The number of carbonyl (C=O) groups is 2. The van der Waals surface area contributed by atoms with Crippen molar-refractivity contribution < 1.29 is 19.1 Å². The summed E-state index contributed by atoms with van der Waals surface area (Å²) < 4.78 is 10.4. The highest BCUT2D eigenvalue weighted by Crippen LogP contribution is 2.27.